The highest BCUT2D eigenvalue weighted by Crippen LogP contribution is 2.17. The number of amides is 1. The molecule has 1 atom stereocenters. The molecule has 2 N–H and O–H groups in total. The molecule has 88 valence electrons. The average molecular weight is 242 g/mol. The SMILES string of the molecule is C[C@H](NC(=O)CCCO)c1cccc(Cl)c1. The van der Waals surface area contributed by atoms with E-state index in [4.69, 9.17) is 16.7 Å². The predicted octanol–water partition coefficient (Wildman–Crippen LogP) is 2.29. The monoisotopic (exact) mass is 241 g/mol. The fourth-order valence-corrected chi connectivity index (χ4v) is 1.61. The summed E-state index contributed by atoms with van der Waals surface area (Å²) in [5, 5.41) is 12.1. The molecule has 0 unspecified atom stereocenters. The first-order valence-corrected chi connectivity index (χ1v) is 5.67. The molecule has 0 fully saturated rings. The molecule has 16 heavy (non-hydrogen) atoms. The third-order valence-electron chi connectivity index (χ3n) is 2.29. The second-order valence-electron chi connectivity index (χ2n) is 3.67. The molecule has 0 saturated heterocycles. The second-order valence-corrected chi connectivity index (χ2v) is 4.11. The van der Waals surface area contributed by atoms with Crippen LogP contribution in [0.3, 0.4) is 0 Å². The van der Waals surface area contributed by atoms with Gasteiger partial charge in [0.1, 0.15) is 0 Å². The summed E-state index contributed by atoms with van der Waals surface area (Å²) in [7, 11) is 0. The summed E-state index contributed by atoms with van der Waals surface area (Å²) >= 11 is 5.86. The number of carbonyl (C=O) groups is 1. The molecule has 0 saturated carbocycles. The van der Waals surface area contributed by atoms with Gasteiger partial charge in [-0.2, -0.15) is 0 Å². The van der Waals surface area contributed by atoms with Gasteiger partial charge in [-0.1, -0.05) is 23.7 Å². The first-order valence-electron chi connectivity index (χ1n) is 5.29. The molecule has 1 aromatic carbocycles. The number of hydrogen-bond donors (Lipinski definition) is 2. The summed E-state index contributed by atoms with van der Waals surface area (Å²) in [6, 6.07) is 7.34. The summed E-state index contributed by atoms with van der Waals surface area (Å²) in [4.78, 5) is 11.4. The van der Waals surface area contributed by atoms with Crippen molar-refractivity contribution in [1.82, 2.24) is 5.32 Å². The smallest absolute Gasteiger partial charge is 0.220 e. The van der Waals surface area contributed by atoms with E-state index >= 15 is 0 Å². The van der Waals surface area contributed by atoms with E-state index in [-0.39, 0.29) is 18.6 Å². The van der Waals surface area contributed by atoms with Gasteiger partial charge in [0.05, 0.1) is 6.04 Å². The number of carbonyl (C=O) groups excluding carboxylic acids is 1. The lowest BCUT2D eigenvalue weighted by molar-refractivity contribution is -0.122. The lowest BCUT2D eigenvalue weighted by Gasteiger charge is -2.14. The highest BCUT2D eigenvalue weighted by Gasteiger charge is 2.09. The van der Waals surface area contributed by atoms with Crippen molar-refractivity contribution in [3.63, 3.8) is 0 Å². The van der Waals surface area contributed by atoms with Crippen LogP contribution in [0.1, 0.15) is 31.4 Å². The number of halogens is 1. The van der Waals surface area contributed by atoms with Crippen LogP contribution in [0.5, 0.6) is 0 Å². The van der Waals surface area contributed by atoms with E-state index in [1.165, 1.54) is 0 Å². The Morgan fingerprint density at radius 1 is 1.56 bits per heavy atom. The van der Waals surface area contributed by atoms with Crippen LogP contribution in [-0.4, -0.2) is 17.6 Å². The van der Waals surface area contributed by atoms with Gasteiger partial charge < -0.3 is 10.4 Å². The van der Waals surface area contributed by atoms with Gasteiger partial charge in [0.15, 0.2) is 0 Å². The fraction of sp³-hybridized carbons (Fsp3) is 0.417. The van der Waals surface area contributed by atoms with Crippen molar-refractivity contribution in [2.45, 2.75) is 25.8 Å². The molecule has 0 heterocycles. The zero-order valence-electron chi connectivity index (χ0n) is 9.24. The highest BCUT2D eigenvalue weighted by atomic mass is 35.5. The maximum absolute atomic E-state index is 11.4. The predicted molar refractivity (Wildman–Crippen MR) is 64.3 cm³/mol. The minimum atomic E-state index is -0.0649. The molecule has 0 aromatic heterocycles. The quantitative estimate of drug-likeness (QED) is 0.831. The minimum Gasteiger partial charge on any atom is -0.396 e. The fourth-order valence-electron chi connectivity index (χ4n) is 1.41. The Labute approximate surface area is 100 Å². The van der Waals surface area contributed by atoms with E-state index in [0.29, 0.717) is 17.9 Å². The molecular formula is C12H16ClNO2. The Kier molecular flexibility index (Phi) is 5.29. The Morgan fingerprint density at radius 3 is 2.94 bits per heavy atom. The largest absolute Gasteiger partial charge is 0.396 e. The second kappa shape index (κ2) is 6.51. The van der Waals surface area contributed by atoms with E-state index in [0.717, 1.165) is 5.56 Å². The number of aliphatic hydroxyl groups excluding tert-OH is 1. The highest BCUT2D eigenvalue weighted by molar-refractivity contribution is 6.30. The van der Waals surface area contributed by atoms with Gasteiger partial charge in [-0.15, -0.1) is 0 Å². The lowest BCUT2D eigenvalue weighted by Crippen LogP contribution is -2.26. The van der Waals surface area contributed by atoms with Crippen molar-refractivity contribution in [2.24, 2.45) is 0 Å². The van der Waals surface area contributed by atoms with Crippen molar-refractivity contribution in [1.29, 1.82) is 0 Å². The van der Waals surface area contributed by atoms with Crippen molar-refractivity contribution in [3.05, 3.63) is 34.9 Å². The topological polar surface area (TPSA) is 49.3 Å². The maximum atomic E-state index is 11.4. The molecule has 1 amide bonds. The van der Waals surface area contributed by atoms with Gasteiger partial charge in [-0.25, -0.2) is 0 Å². The summed E-state index contributed by atoms with van der Waals surface area (Å²) in [6.45, 7) is 1.95. The van der Waals surface area contributed by atoms with Gasteiger partial charge in [0, 0.05) is 18.1 Å². The number of rotatable bonds is 5. The number of nitrogens with one attached hydrogen (secondary N) is 1. The molecule has 0 spiro atoms. The van der Waals surface area contributed by atoms with Crippen LogP contribution in [0.25, 0.3) is 0 Å². The number of aliphatic hydroxyl groups is 1. The van der Waals surface area contributed by atoms with Crippen molar-refractivity contribution >= 4 is 17.5 Å². The van der Waals surface area contributed by atoms with E-state index < -0.39 is 0 Å². The van der Waals surface area contributed by atoms with Crippen LogP contribution in [0.2, 0.25) is 5.02 Å². The molecule has 0 aliphatic heterocycles. The molecule has 0 aliphatic carbocycles. The Hall–Kier alpha value is -1.06. The molecule has 1 rings (SSSR count). The molecule has 0 aliphatic rings. The van der Waals surface area contributed by atoms with E-state index in [9.17, 15) is 4.79 Å². The standard InChI is InChI=1S/C12H16ClNO2/c1-9(14-12(16)6-3-7-15)10-4-2-5-11(13)8-10/h2,4-5,8-9,15H,3,6-7H2,1H3,(H,14,16)/t9-/m0/s1. The average Bonchev–Trinajstić information content (AvgIpc) is 2.26. The van der Waals surface area contributed by atoms with Gasteiger partial charge in [0.25, 0.3) is 0 Å². The van der Waals surface area contributed by atoms with E-state index in [1.807, 2.05) is 25.1 Å². The Balaban J connectivity index is 2.52. The molecule has 1 aromatic rings. The summed E-state index contributed by atoms with van der Waals surface area (Å²) in [5.74, 6) is -0.0541. The molecule has 3 nitrogen and oxygen atoms in total. The third-order valence-corrected chi connectivity index (χ3v) is 2.52. The number of benzene rings is 1. The van der Waals surface area contributed by atoms with Gasteiger partial charge >= 0.3 is 0 Å². The van der Waals surface area contributed by atoms with Crippen molar-refractivity contribution < 1.29 is 9.90 Å². The minimum absolute atomic E-state index is 0.0406. The summed E-state index contributed by atoms with van der Waals surface area (Å²) in [6.07, 6.45) is 0.843. The van der Waals surface area contributed by atoms with Gasteiger partial charge in [-0.3, -0.25) is 4.79 Å². The van der Waals surface area contributed by atoms with Crippen LogP contribution in [0.4, 0.5) is 0 Å². The van der Waals surface area contributed by atoms with Crippen molar-refractivity contribution in [3.8, 4) is 0 Å². The summed E-state index contributed by atoms with van der Waals surface area (Å²) < 4.78 is 0. The van der Waals surface area contributed by atoms with Crippen LogP contribution < -0.4 is 5.32 Å². The molecule has 0 radical (unpaired) electrons. The van der Waals surface area contributed by atoms with Gasteiger partial charge in [-0.05, 0) is 31.0 Å². The lowest BCUT2D eigenvalue weighted by atomic mass is 10.1. The van der Waals surface area contributed by atoms with Crippen LogP contribution in [-0.2, 0) is 4.79 Å². The van der Waals surface area contributed by atoms with E-state index in [1.54, 1.807) is 6.07 Å². The first-order chi connectivity index (χ1) is 7.63. The zero-order valence-corrected chi connectivity index (χ0v) is 10.00. The van der Waals surface area contributed by atoms with Crippen LogP contribution in [0, 0.1) is 0 Å². The third kappa shape index (κ3) is 4.21. The maximum Gasteiger partial charge on any atom is 0.220 e. The van der Waals surface area contributed by atoms with Crippen LogP contribution in [0.15, 0.2) is 24.3 Å². The molecule has 0 bridgehead atoms. The normalized spacial score (nSPS) is 12.2. The van der Waals surface area contributed by atoms with Crippen molar-refractivity contribution in [2.75, 3.05) is 6.61 Å². The van der Waals surface area contributed by atoms with Crippen LogP contribution >= 0.6 is 11.6 Å². The zero-order chi connectivity index (χ0) is 12.0. The molecular weight excluding hydrogens is 226 g/mol. The van der Waals surface area contributed by atoms with Gasteiger partial charge in [0.2, 0.25) is 5.91 Å². The first kappa shape index (κ1) is 13.0. The molecule has 4 heteroatoms. The number of hydrogen-bond acceptors (Lipinski definition) is 2. The Bertz CT molecular complexity index is 355. The summed E-state index contributed by atoms with van der Waals surface area (Å²) in [5.41, 5.74) is 0.977. The Morgan fingerprint density at radius 2 is 2.31 bits per heavy atom. The van der Waals surface area contributed by atoms with E-state index in [2.05, 4.69) is 5.32 Å².